The van der Waals surface area contributed by atoms with E-state index in [1.807, 2.05) is 27.0 Å². The third kappa shape index (κ3) is 4.00. The number of imidazole rings is 1. The van der Waals surface area contributed by atoms with Crippen LogP contribution in [0.4, 0.5) is 5.69 Å². The Bertz CT molecular complexity index is 1400. The normalized spacial score (nSPS) is 15.7. The average Bonchev–Trinajstić information content (AvgIpc) is 3.34. The van der Waals surface area contributed by atoms with Crippen LogP contribution >= 0.6 is 0 Å². The van der Waals surface area contributed by atoms with Crippen LogP contribution < -0.4 is 15.0 Å². The van der Waals surface area contributed by atoms with Crippen molar-refractivity contribution in [3.63, 3.8) is 0 Å². The molecule has 3 heterocycles. The predicted molar refractivity (Wildman–Crippen MR) is 128 cm³/mol. The lowest BCUT2D eigenvalue weighted by atomic mass is 10.1. The van der Waals surface area contributed by atoms with Gasteiger partial charge in [0.05, 0.1) is 16.7 Å². The fraction of sp³-hybridized carbons (Fsp3) is 0.280. The highest BCUT2D eigenvalue weighted by atomic mass is 16.5. The molecule has 1 aliphatic heterocycles. The van der Waals surface area contributed by atoms with Gasteiger partial charge in [-0.1, -0.05) is 29.8 Å². The van der Waals surface area contributed by atoms with E-state index in [2.05, 4.69) is 44.6 Å². The molecule has 0 saturated heterocycles. The van der Waals surface area contributed by atoms with Crippen molar-refractivity contribution in [1.82, 2.24) is 25.1 Å². The molecule has 0 aliphatic carbocycles. The first-order chi connectivity index (χ1) is 16.3. The maximum Gasteiger partial charge on any atom is 0.272 e. The molecule has 2 amide bonds. The zero-order chi connectivity index (χ0) is 24.0. The number of rotatable bonds is 4. The molecule has 0 spiro atoms. The first kappa shape index (κ1) is 21.7. The van der Waals surface area contributed by atoms with Gasteiger partial charge in [-0.3, -0.25) is 14.3 Å². The van der Waals surface area contributed by atoms with Crippen molar-refractivity contribution in [2.45, 2.75) is 26.3 Å². The van der Waals surface area contributed by atoms with Crippen molar-refractivity contribution >= 4 is 28.5 Å². The van der Waals surface area contributed by atoms with Gasteiger partial charge in [-0.15, -0.1) is 0 Å². The lowest BCUT2D eigenvalue weighted by Gasteiger charge is -2.20. The first-order valence-corrected chi connectivity index (χ1v) is 11.1. The second-order valence-corrected chi connectivity index (χ2v) is 8.70. The number of benzene rings is 2. The van der Waals surface area contributed by atoms with Crippen molar-refractivity contribution in [2.24, 2.45) is 7.05 Å². The van der Waals surface area contributed by atoms with Crippen LogP contribution in [0.25, 0.3) is 11.0 Å². The molecule has 34 heavy (non-hydrogen) atoms. The number of likely N-dealkylation sites (N-methyl/N-ethyl adjacent to an activating group) is 1. The van der Waals surface area contributed by atoms with Gasteiger partial charge in [0.1, 0.15) is 29.9 Å². The standard InChI is InChI=1S/C25H26N6O3/c1-14-5-7-16(8-6-14)9-17-10-20(29-31(17)4)24(32)28-21-13-34-23-12-19-18(26-15(2)27-19)11-22(23)30(3)25(21)33/h5-8,10-12,21H,9,13H2,1-4H3,(H,26,27)(H,28,32)/t21-/m0/s1. The Labute approximate surface area is 196 Å². The Morgan fingerprint density at radius 1 is 1.18 bits per heavy atom. The molecule has 2 aromatic heterocycles. The quantitative estimate of drug-likeness (QED) is 0.489. The number of hydrogen-bond acceptors (Lipinski definition) is 5. The summed E-state index contributed by atoms with van der Waals surface area (Å²) in [5.41, 5.74) is 5.68. The van der Waals surface area contributed by atoms with Crippen molar-refractivity contribution in [3.8, 4) is 5.75 Å². The zero-order valence-corrected chi connectivity index (χ0v) is 19.5. The molecule has 0 unspecified atom stereocenters. The Balaban J connectivity index is 1.32. The lowest BCUT2D eigenvalue weighted by molar-refractivity contribution is -0.120. The van der Waals surface area contributed by atoms with Gasteiger partial charge in [0, 0.05) is 32.3 Å². The molecular weight excluding hydrogens is 432 g/mol. The van der Waals surface area contributed by atoms with Gasteiger partial charge >= 0.3 is 0 Å². The molecule has 2 aromatic carbocycles. The molecular formula is C25H26N6O3. The van der Waals surface area contributed by atoms with Gasteiger partial charge in [0.15, 0.2) is 0 Å². The van der Waals surface area contributed by atoms with E-state index < -0.39 is 11.9 Å². The van der Waals surface area contributed by atoms with E-state index in [1.165, 1.54) is 10.5 Å². The molecule has 174 valence electrons. The number of hydrogen-bond donors (Lipinski definition) is 2. The van der Waals surface area contributed by atoms with Gasteiger partial charge in [-0.05, 0) is 31.5 Å². The summed E-state index contributed by atoms with van der Waals surface area (Å²) in [4.78, 5) is 35.2. The van der Waals surface area contributed by atoms with E-state index >= 15 is 0 Å². The Morgan fingerprint density at radius 3 is 2.71 bits per heavy atom. The number of amides is 2. The van der Waals surface area contributed by atoms with Gasteiger partial charge in [0.2, 0.25) is 0 Å². The van der Waals surface area contributed by atoms with Crippen LogP contribution in [0.1, 0.15) is 33.1 Å². The van der Waals surface area contributed by atoms with Crippen LogP contribution in [0.2, 0.25) is 0 Å². The maximum atomic E-state index is 13.1. The molecule has 0 radical (unpaired) electrons. The number of carbonyl (C=O) groups excluding carboxylic acids is 2. The minimum Gasteiger partial charge on any atom is -0.489 e. The van der Waals surface area contributed by atoms with Gasteiger partial charge < -0.3 is 19.9 Å². The monoisotopic (exact) mass is 458 g/mol. The highest BCUT2D eigenvalue weighted by Crippen LogP contribution is 2.34. The molecule has 2 N–H and O–H groups in total. The van der Waals surface area contributed by atoms with Crippen LogP contribution in [0.3, 0.4) is 0 Å². The summed E-state index contributed by atoms with van der Waals surface area (Å²) < 4.78 is 7.61. The largest absolute Gasteiger partial charge is 0.489 e. The topological polar surface area (TPSA) is 105 Å². The first-order valence-electron chi connectivity index (χ1n) is 11.1. The van der Waals surface area contributed by atoms with E-state index in [9.17, 15) is 9.59 Å². The van der Waals surface area contributed by atoms with Crippen molar-refractivity contribution in [2.75, 3.05) is 18.6 Å². The number of ether oxygens (including phenoxy) is 1. The van der Waals surface area contributed by atoms with E-state index in [1.54, 1.807) is 23.9 Å². The number of nitrogens with zero attached hydrogens (tertiary/aromatic N) is 4. The van der Waals surface area contributed by atoms with E-state index in [0.717, 1.165) is 28.1 Å². The van der Waals surface area contributed by atoms with Crippen LogP contribution in [0.5, 0.6) is 5.75 Å². The fourth-order valence-corrected chi connectivity index (χ4v) is 4.16. The summed E-state index contributed by atoms with van der Waals surface area (Å²) in [6, 6.07) is 12.8. The Morgan fingerprint density at radius 2 is 1.94 bits per heavy atom. The molecule has 4 aromatic rings. The number of carbonyl (C=O) groups is 2. The number of aryl methyl sites for hydroxylation is 3. The summed E-state index contributed by atoms with van der Waals surface area (Å²) in [6.45, 7) is 3.93. The third-order valence-corrected chi connectivity index (χ3v) is 6.10. The number of aromatic amines is 1. The highest BCUT2D eigenvalue weighted by Gasteiger charge is 2.32. The smallest absolute Gasteiger partial charge is 0.272 e. The third-order valence-electron chi connectivity index (χ3n) is 6.10. The molecule has 1 aliphatic rings. The fourth-order valence-electron chi connectivity index (χ4n) is 4.16. The molecule has 5 rings (SSSR count). The maximum absolute atomic E-state index is 13.1. The van der Waals surface area contributed by atoms with E-state index in [-0.39, 0.29) is 18.2 Å². The highest BCUT2D eigenvalue weighted by molar-refractivity contribution is 6.04. The van der Waals surface area contributed by atoms with Gasteiger partial charge in [-0.2, -0.15) is 5.10 Å². The molecule has 1 atom stereocenters. The number of aromatic nitrogens is 4. The Hall–Kier alpha value is -4.14. The number of anilines is 1. The zero-order valence-electron chi connectivity index (χ0n) is 19.5. The summed E-state index contributed by atoms with van der Waals surface area (Å²) in [5.74, 6) is 0.645. The molecule has 0 saturated carbocycles. The molecule has 0 fully saturated rings. The van der Waals surface area contributed by atoms with Crippen LogP contribution in [-0.4, -0.2) is 51.3 Å². The van der Waals surface area contributed by atoms with Crippen LogP contribution in [0.15, 0.2) is 42.5 Å². The average molecular weight is 459 g/mol. The molecule has 9 nitrogen and oxygen atoms in total. The second kappa shape index (κ2) is 8.33. The van der Waals surface area contributed by atoms with Gasteiger partial charge in [-0.25, -0.2) is 4.98 Å². The lowest BCUT2D eigenvalue weighted by Crippen LogP contribution is -2.49. The summed E-state index contributed by atoms with van der Waals surface area (Å²) in [6.07, 6.45) is 0.654. The minimum absolute atomic E-state index is 0.0138. The van der Waals surface area contributed by atoms with Crippen LogP contribution in [-0.2, 0) is 18.3 Å². The van der Waals surface area contributed by atoms with Crippen LogP contribution in [0, 0.1) is 13.8 Å². The van der Waals surface area contributed by atoms with Gasteiger partial charge in [0.25, 0.3) is 11.8 Å². The summed E-state index contributed by atoms with van der Waals surface area (Å²) in [5, 5.41) is 7.15. The summed E-state index contributed by atoms with van der Waals surface area (Å²) in [7, 11) is 3.48. The molecule has 9 heteroatoms. The second-order valence-electron chi connectivity index (χ2n) is 8.70. The van der Waals surface area contributed by atoms with E-state index in [0.29, 0.717) is 17.9 Å². The number of nitrogens with one attached hydrogen (secondary N) is 2. The SMILES string of the molecule is Cc1ccc(Cc2cc(C(=O)N[C@H]3COc4cc5nc(C)[nH]c5cc4N(C)C3=O)nn2C)cc1. The molecule has 0 bridgehead atoms. The Kier molecular flexibility index (Phi) is 5.31. The van der Waals surface area contributed by atoms with Crippen molar-refractivity contribution in [1.29, 1.82) is 0 Å². The van der Waals surface area contributed by atoms with Crippen molar-refractivity contribution < 1.29 is 14.3 Å². The summed E-state index contributed by atoms with van der Waals surface area (Å²) >= 11 is 0. The number of fused-ring (bicyclic) bond motifs is 2. The minimum atomic E-state index is -0.847. The van der Waals surface area contributed by atoms with E-state index in [4.69, 9.17) is 4.74 Å². The van der Waals surface area contributed by atoms with Crippen molar-refractivity contribution in [3.05, 3.63) is 70.8 Å². The predicted octanol–water partition coefficient (Wildman–Crippen LogP) is 2.66. The number of H-pyrrole nitrogens is 1.